The number of ether oxygens (including phenoxy) is 1. The number of aromatic nitrogens is 2. The molecule has 0 saturated carbocycles. The van der Waals surface area contributed by atoms with Gasteiger partial charge in [-0.1, -0.05) is 37.3 Å². The Morgan fingerprint density at radius 2 is 1.72 bits per heavy atom. The number of aryl methyl sites for hydroxylation is 1. The van der Waals surface area contributed by atoms with Gasteiger partial charge in [0.15, 0.2) is 0 Å². The zero-order chi connectivity index (χ0) is 25.7. The normalized spacial score (nSPS) is 11.8. The minimum atomic E-state index is -0.474. The van der Waals surface area contributed by atoms with E-state index in [2.05, 4.69) is 5.32 Å². The first-order valence-electron chi connectivity index (χ1n) is 12.3. The molecular weight excluding hydrogens is 452 g/mol. The molecule has 7 nitrogen and oxygen atoms in total. The van der Waals surface area contributed by atoms with Gasteiger partial charge in [0.2, 0.25) is 0 Å². The van der Waals surface area contributed by atoms with E-state index in [4.69, 9.17) is 9.72 Å². The molecule has 0 fully saturated rings. The maximum absolute atomic E-state index is 13.7. The highest BCUT2D eigenvalue weighted by atomic mass is 16.5. The van der Waals surface area contributed by atoms with E-state index >= 15 is 0 Å². The van der Waals surface area contributed by atoms with Crippen molar-refractivity contribution in [2.45, 2.75) is 40.2 Å². The van der Waals surface area contributed by atoms with E-state index in [1.807, 2.05) is 94.4 Å². The fourth-order valence-electron chi connectivity index (χ4n) is 4.29. The molecule has 186 valence electrons. The molecule has 7 heteroatoms. The molecular formula is C29H32N4O3. The second-order valence-electron chi connectivity index (χ2n) is 8.67. The second-order valence-corrected chi connectivity index (χ2v) is 8.67. The van der Waals surface area contributed by atoms with Gasteiger partial charge >= 0.3 is 6.03 Å². The Labute approximate surface area is 211 Å². The molecule has 0 saturated heterocycles. The van der Waals surface area contributed by atoms with Crippen LogP contribution >= 0.6 is 0 Å². The summed E-state index contributed by atoms with van der Waals surface area (Å²) in [5.41, 5.74) is 2.82. The van der Waals surface area contributed by atoms with Crippen LogP contribution in [-0.2, 0) is 0 Å². The van der Waals surface area contributed by atoms with Crippen LogP contribution in [0.5, 0.6) is 5.75 Å². The van der Waals surface area contributed by atoms with Gasteiger partial charge in [0.25, 0.3) is 5.56 Å². The SMILES string of the molecule is CCCN(C(=O)Nc1ccccc1C)C(C)c1nc2ccccc2c(=O)n1-c1ccc(OCC)cc1. The summed E-state index contributed by atoms with van der Waals surface area (Å²) in [4.78, 5) is 33.8. The van der Waals surface area contributed by atoms with E-state index in [-0.39, 0.29) is 11.6 Å². The lowest BCUT2D eigenvalue weighted by Crippen LogP contribution is -2.40. The predicted octanol–water partition coefficient (Wildman–Crippen LogP) is 6.10. The summed E-state index contributed by atoms with van der Waals surface area (Å²) in [6.07, 6.45) is 0.756. The number of amides is 2. The van der Waals surface area contributed by atoms with Crippen molar-refractivity contribution in [3.63, 3.8) is 0 Å². The minimum absolute atomic E-state index is 0.178. The van der Waals surface area contributed by atoms with E-state index in [1.54, 1.807) is 15.5 Å². The van der Waals surface area contributed by atoms with Crippen LogP contribution in [0.4, 0.5) is 10.5 Å². The lowest BCUT2D eigenvalue weighted by molar-refractivity contribution is 0.189. The summed E-state index contributed by atoms with van der Waals surface area (Å²) in [6, 6.07) is 21.6. The van der Waals surface area contributed by atoms with Crippen molar-refractivity contribution in [1.82, 2.24) is 14.5 Å². The monoisotopic (exact) mass is 484 g/mol. The van der Waals surface area contributed by atoms with Crippen LogP contribution < -0.4 is 15.6 Å². The summed E-state index contributed by atoms with van der Waals surface area (Å²) in [7, 11) is 0. The van der Waals surface area contributed by atoms with Crippen molar-refractivity contribution < 1.29 is 9.53 Å². The molecule has 3 aromatic carbocycles. The molecule has 1 heterocycles. The lowest BCUT2D eigenvalue weighted by atomic mass is 10.1. The van der Waals surface area contributed by atoms with Gasteiger partial charge in [-0.05, 0) is 75.2 Å². The molecule has 1 N–H and O–H groups in total. The van der Waals surface area contributed by atoms with Gasteiger partial charge < -0.3 is 15.0 Å². The van der Waals surface area contributed by atoms with Gasteiger partial charge in [-0.25, -0.2) is 9.78 Å². The standard InChI is InChI=1S/C29H32N4O3/c1-5-19-32(29(35)31-25-13-9-7-11-20(25)3)21(4)27-30-26-14-10-8-12-24(26)28(34)33(27)22-15-17-23(18-16-22)36-6-2/h7-18,21H,5-6,19H2,1-4H3,(H,31,35). The first-order valence-corrected chi connectivity index (χ1v) is 12.3. The minimum Gasteiger partial charge on any atom is -0.494 e. The number of fused-ring (bicyclic) bond motifs is 1. The molecule has 4 aromatic rings. The molecule has 0 aliphatic rings. The van der Waals surface area contributed by atoms with Crippen molar-refractivity contribution in [2.24, 2.45) is 0 Å². The molecule has 0 aliphatic carbocycles. The van der Waals surface area contributed by atoms with E-state index in [0.717, 1.165) is 23.4 Å². The third-order valence-corrected chi connectivity index (χ3v) is 6.16. The summed E-state index contributed by atoms with van der Waals surface area (Å²) in [6.45, 7) is 8.88. The maximum Gasteiger partial charge on any atom is 0.322 e. The lowest BCUT2D eigenvalue weighted by Gasteiger charge is -2.30. The molecule has 36 heavy (non-hydrogen) atoms. The van der Waals surface area contributed by atoms with Crippen LogP contribution in [0.3, 0.4) is 0 Å². The van der Waals surface area contributed by atoms with Crippen LogP contribution in [0.25, 0.3) is 16.6 Å². The summed E-state index contributed by atoms with van der Waals surface area (Å²) in [5.74, 6) is 1.22. The zero-order valence-electron chi connectivity index (χ0n) is 21.2. The fraction of sp³-hybridized carbons (Fsp3) is 0.276. The van der Waals surface area contributed by atoms with Crippen LogP contribution in [0.2, 0.25) is 0 Å². The van der Waals surface area contributed by atoms with Crippen molar-refractivity contribution in [2.75, 3.05) is 18.5 Å². The number of carbonyl (C=O) groups excluding carboxylic acids is 1. The molecule has 0 aliphatic heterocycles. The maximum atomic E-state index is 13.7. The highest BCUT2D eigenvalue weighted by Crippen LogP contribution is 2.25. The van der Waals surface area contributed by atoms with Gasteiger partial charge in [-0.15, -0.1) is 0 Å². The molecule has 4 rings (SSSR count). The van der Waals surface area contributed by atoms with Gasteiger partial charge in [0.05, 0.1) is 29.2 Å². The molecule has 1 unspecified atom stereocenters. The molecule has 2 amide bonds. The Balaban J connectivity index is 1.81. The van der Waals surface area contributed by atoms with Crippen molar-refractivity contribution in [3.05, 3.63) is 94.5 Å². The van der Waals surface area contributed by atoms with Crippen LogP contribution in [0.1, 0.15) is 44.6 Å². The third kappa shape index (κ3) is 5.10. The smallest absolute Gasteiger partial charge is 0.322 e. The van der Waals surface area contributed by atoms with Crippen LogP contribution in [0.15, 0.2) is 77.6 Å². The fourth-order valence-corrected chi connectivity index (χ4v) is 4.29. The molecule has 1 atom stereocenters. The van der Waals surface area contributed by atoms with Crippen molar-refractivity contribution >= 4 is 22.6 Å². The average molecular weight is 485 g/mol. The van der Waals surface area contributed by atoms with E-state index in [1.165, 1.54) is 0 Å². The topological polar surface area (TPSA) is 76.5 Å². The highest BCUT2D eigenvalue weighted by Gasteiger charge is 2.27. The van der Waals surface area contributed by atoms with E-state index < -0.39 is 6.04 Å². The van der Waals surface area contributed by atoms with Crippen molar-refractivity contribution in [3.8, 4) is 11.4 Å². The van der Waals surface area contributed by atoms with Crippen LogP contribution in [0, 0.1) is 6.92 Å². The summed E-state index contributed by atoms with van der Waals surface area (Å²) < 4.78 is 7.18. The van der Waals surface area contributed by atoms with Gasteiger partial charge in [0.1, 0.15) is 11.6 Å². The number of urea groups is 1. The summed E-state index contributed by atoms with van der Waals surface area (Å²) >= 11 is 0. The summed E-state index contributed by atoms with van der Waals surface area (Å²) in [5, 5.41) is 3.56. The number of anilines is 1. The number of benzene rings is 3. The first-order chi connectivity index (χ1) is 17.4. The van der Waals surface area contributed by atoms with Gasteiger partial charge in [0, 0.05) is 12.2 Å². The Hall–Kier alpha value is -4.13. The van der Waals surface area contributed by atoms with E-state index in [0.29, 0.717) is 35.6 Å². The van der Waals surface area contributed by atoms with E-state index in [9.17, 15) is 9.59 Å². The Morgan fingerprint density at radius 3 is 2.42 bits per heavy atom. The number of hydrogen-bond donors (Lipinski definition) is 1. The number of carbonyl (C=O) groups is 1. The zero-order valence-corrected chi connectivity index (χ0v) is 21.2. The molecule has 0 spiro atoms. The second kappa shape index (κ2) is 11.1. The Morgan fingerprint density at radius 1 is 1.03 bits per heavy atom. The number of nitrogens with one attached hydrogen (secondary N) is 1. The first kappa shape index (κ1) is 25.0. The predicted molar refractivity (Wildman–Crippen MR) is 144 cm³/mol. The molecule has 0 radical (unpaired) electrons. The Bertz CT molecular complexity index is 1410. The Kier molecular flexibility index (Phi) is 7.68. The number of hydrogen-bond acceptors (Lipinski definition) is 4. The van der Waals surface area contributed by atoms with Gasteiger partial charge in [-0.2, -0.15) is 0 Å². The quantitative estimate of drug-likeness (QED) is 0.328. The third-order valence-electron chi connectivity index (χ3n) is 6.16. The van der Waals surface area contributed by atoms with Crippen LogP contribution in [-0.4, -0.2) is 33.6 Å². The number of nitrogens with zero attached hydrogens (tertiary/aromatic N) is 3. The highest BCUT2D eigenvalue weighted by molar-refractivity contribution is 5.90. The molecule has 0 bridgehead atoms. The number of rotatable bonds is 8. The van der Waals surface area contributed by atoms with Crippen molar-refractivity contribution in [1.29, 1.82) is 0 Å². The largest absolute Gasteiger partial charge is 0.494 e. The molecule has 1 aromatic heterocycles. The van der Waals surface area contributed by atoms with Gasteiger partial charge in [-0.3, -0.25) is 9.36 Å². The average Bonchev–Trinajstić information content (AvgIpc) is 2.89. The number of para-hydroxylation sites is 2.